The lowest BCUT2D eigenvalue weighted by molar-refractivity contribution is 0.658. The van der Waals surface area contributed by atoms with Gasteiger partial charge in [-0.25, -0.2) is 0 Å². The van der Waals surface area contributed by atoms with Crippen molar-refractivity contribution in [3.8, 4) is 0 Å². The zero-order valence-corrected chi connectivity index (χ0v) is 10.4. The molecule has 1 aliphatic carbocycles. The first kappa shape index (κ1) is 11.7. The summed E-state index contributed by atoms with van der Waals surface area (Å²) in [5.74, 6) is 0. The van der Waals surface area contributed by atoms with Gasteiger partial charge in [-0.2, -0.15) is 0 Å². The van der Waals surface area contributed by atoms with Gasteiger partial charge < -0.3 is 5.73 Å². The molecule has 1 nitrogen and oxygen atoms in total. The van der Waals surface area contributed by atoms with Crippen molar-refractivity contribution in [2.75, 3.05) is 0 Å². The van der Waals surface area contributed by atoms with Crippen LogP contribution in [0.4, 0.5) is 0 Å². The summed E-state index contributed by atoms with van der Waals surface area (Å²) in [6, 6.07) is 6.48. The van der Waals surface area contributed by atoms with Crippen LogP contribution in [0.1, 0.15) is 36.8 Å². The van der Waals surface area contributed by atoms with Crippen molar-refractivity contribution in [2.45, 2.75) is 38.6 Å². The molecular weight excluding hydrogens is 218 g/mol. The summed E-state index contributed by atoms with van der Waals surface area (Å²) in [5, 5.41) is 0.844. The summed E-state index contributed by atoms with van der Waals surface area (Å²) in [5.41, 5.74) is 9.73. The van der Waals surface area contributed by atoms with Crippen molar-refractivity contribution in [3.05, 3.63) is 40.4 Å². The molecule has 2 N–H and O–H groups in total. The zero-order chi connectivity index (χ0) is 11.5. The van der Waals surface area contributed by atoms with Crippen LogP contribution in [-0.4, -0.2) is 6.04 Å². The summed E-state index contributed by atoms with van der Waals surface area (Å²) in [6.45, 7) is 2.03. The maximum Gasteiger partial charge on any atom is 0.0441 e. The number of hydrogen-bond acceptors (Lipinski definition) is 1. The summed E-state index contributed by atoms with van der Waals surface area (Å²) in [6.07, 6.45) is 6.87. The predicted octanol–water partition coefficient (Wildman–Crippen LogP) is 3.93. The third kappa shape index (κ3) is 2.66. The fourth-order valence-electron chi connectivity index (χ4n) is 2.15. The normalized spacial score (nSPS) is 21.4. The Morgan fingerprint density at radius 2 is 2.12 bits per heavy atom. The van der Waals surface area contributed by atoms with Gasteiger partial charge in [-0.05, 0) is 49.0 Å². The van der Waals surface area contributed by atoms with Gasteiger partial charge in [0, 0.05) is 11.1 Å². The zero-order valence-electron chi connectivity index (χ0n) is 9.67. The van der Waals surface area contributed by atoms with E-state index in [1.807, 2.05) is 6.92 Å². The Morgan fingerprint density at radius 3 is 2.88 bits per heavy atom. The topological polar surface area (TPSA) is 26.0 Å². The van der Waals surface area contributed by atoms with E-state index in [1.165, 1.54) is 24.0 Å². The van der Waals surface area contributed by atoms with E-state index in [4.69, 9.17) is 17.3 Å². The van der Waals surface area contributed by atoms with E-state index in [-0.39, 0.29) is 6.04 Å². The van der Waals surface area contributed by atoms with E-state index < -0.39 is 0 Å². The van der Waals surface area contributed by atoms with Gasteiger partial charge in [0.05, 0.1) is 0 Å². The van der Waals surface area contributed by atoms with Gasteiger partial charge in [0.2, 0.25) is 0 Å². The van der Waals surface area contributed by atoms with Crippen LogP contribution in [0.5, 0.6) is 0 Å². The van der Waals surface area contributed by atoms with Crippen LogP contribution in [0, 0.1) is 6.92 Å². The molecule has 0 aromatic heterocycles. The Labute approximate surface area is 102 Å². The molecule has 0 fully saturated rings. The van der Waals surface area contributed by atoms with Gasteiger partial charge in [0.25, 0.3) is 0 Å². The quantitative estimate of drug-likeness (QED) is 0.784. The van der Waals surface area contributed by atoms with Gasteiger partial charge in [0.15, 0.2) is 0 Å². The number of halogens is 1. The van der Waals surface area contributed by atoms with Crippen LogP contribution < -0.4 is 5.73 Å². The van der Waals surface area contributed by atoms with E-state index in [2.05, 4.69) is 24.3 Å². The molecule has 0 amide bonds. The number of rotatable bonds is 1. The minimum atomic E-state index is 0.206. The van der Waals surface area contributed by atoms with Gasteiger partial charge in [-0.1, -0.05) is 36.2 Å². The third-order valence-corrected chi connectivity index (χ3v) is 3.60. The van der Waals surface area contributed by atoms with E-state index in [0.717, 1.165) is 23.4 Å². The number of nitrogens with two attached hydrogens (primary N) is 1. The Morgan fingerprint density at radius 1 is 1.31 bits per heavy atom. The lowest BCUT2D eigenvalue weighted by Crippen LogP contribution is -2.15. The molecule has 2 rings (SSSR count). The van der Waals surface area contributed by atoms with Gasteiger partial charge in [-0.15, -0.1) is 0 Å². The smallest absolute Gasteiger partial charge is 0.0441 e. The molecule has 86 valence electrons. The largest absolute Gasteiger partial charge is 0.324 e. The Bertz CT molecular complexity index is 409. The van der Waals surface area contributed by atoms with Crippen LogP contribution in [-0.2, 0) is 0 Å². The highest BCUT2D eigenvalue weighted by molar-refractivity contribution is 6.31. The van der Waals surface area contributed by atoms with Crippen LogP contribution in [0.25, 0.3) is 5.57 Å². The molecule has 2 heteroatoms. The number of benzene rings is 1. The average molecular weight is 236 g/mol. The molecule has 0 radical (unpaired) electrons. The Balaban J connectivity index is 2.31. The fraction of sp³-hybridized carbons (Fsp3) is 0.429. The molecule has 1 aromatic carbocycles. The molecule has 1 atom stereocenters. The second kappa shape index (κ2) is 5.03. The summed E-state index contributed by atoms with van der Waals surface area (Å²) in [7, 11) is 0. The van der Waals surface area contributed by atoms with Crippen molar-refractivity contribution in [1.29, 1.82) is 0 Å². The maximum absolute atomic E-state index is 6.15. The van der Waals surface area contributed by atoms with Crippen LogP contribution in [0.3, 0.4) is 0 Å². The van der Waals surface area contributed by atoms with E-state index in [0.29, 0.717) is 0 Å². The van der Waals surface area contributed by atoms with Gasteiger partial charge in [-0.3, -0.25) is 0 Å². The second-order valence-corrected chi connectivity index (χ2v) is 4.97. The first-order valence-corrected chi connectivity index (χ1v) is 6.27. The number of hydrogen-bond donors (Lipinski definition) is 1. The molecule has 1 aliphatic rings. The summed E-state index contributed by atoms with van der Waals surface area (Å²) in [4.78, 5) is 0. The van der Waals surface area contributed by atoms with Gasteiger partial charge in [0.1, 0.15) is 0 Å². The maximum atomic E-state index is 6.15. The molecule has 0 saturated carbocycles. The third-order valence-electron chi connectivity index (χ3n) is 3.19. The van der Waals surface area contributed by atoms with Crippen LogP contribution in [0.15, 0.2) is 24.3 Å². The Hall–Kier alpha value is -0.790. The summed E-state index contributed by atoms with van der Waals surface area (Å²) >= 11 is 6.15. The molecule has 1 aromatic rings. The molecule has 0 aliphatic heterocycles. The molecular formula is C14H18ClN. The standard InChI is InChI=1S/C14H18ClN/c1-10-6-7-12(9-14(10)15)11-4-2-3-5-13(16)8-11/h6-9,13H,2-5,16H2,1H3. The van der Waals surface area contributed by atoms with E-state index in [9.17, 15) is 0 Å². The lowest BCUT2D eigenvalue weighted by atomic mass is 10.00. The minimum absolute atomic E-state index is 0.206. The highest BCUT2D eigenvalue weighted by atomic mass is 35.5. The second-order valence-electron chi connectivity index (χ2n) is 4.57. The molecule has 0 heterocycles. The van der Waals surface area contributed by atoms with Crippen molar-refractivity contribution in [2.24, 2.45) is 5.73 Å². The predicted molar refractivity (Wildman–Crippen MR) is 70.6 cm³/mol. The van der Waals surface area contributed by atoms with Crippen LogP contribution >= 0.6 is 11.6 Å². The summed E-state index contributed by atoms with van der Waals surface area (Å²) < 4.78 is 0. The molecule has 0 saturated heterocycles. The van der Waals surface area contributed by atoms with Crippen molar-refractivity contribution in [1.82, 2.24) is 0 Å². The van der Waals surface area contributed by atoms with Crippen molar-refractivity contribution >= 4 is 17.2 Å². The van der Waals surface area contributed by atoms with Gasteiger partial charge >= 0.3 is 0 Å². The van der Waals surface area contributed by atoms with Crippen LogP contribution in [0.2, 0.25) is 5.02 Å². The lowest BCUT2D eigenvalue weighted by Gasteiger charge is -2.08. The average Bonchev–Trinajstić information content (AvgIpc) is 2.47. The number of allylic oxidation sites excluding steroid dienone is 1. The monoisotopic (exact) mass is 235 g/mol. The molecule has 16 heavy (non-hydrogen) atoms. The minimum Gasteiger partial charge on any atom is -0.324 e. The van der Waals surface area contributed by atoms with Crippen molar-refractivity contribution < 1.29 is 0 Å². The van der Waals surface area contributed by atoms with E-state index in [1.54, 1.807) is 0 Å². The highest BCUT2D eigenvalue weighted by Crippen LogP contribution is 2.28. The molecule has 0 spiro atoms. The van der Waals surface area contributed by atoms with E-state index >= 15 is 0 Å². The highest BCUT2D eigenvalue weighted by Gasteiger charge is 2.10. The fourth-order valence-corrected chi connectivity index (χ4v) is 2.33. The molecule has 0 bridgehead atoms. The number of aryl methyl sites for hydroxylation is 1. The Kier molecular flexibility index (Phi) is 3.67. The first-order valence-electron chi connectivity index (χ1n) is 5.89. The first-order chi connectivity index (χ1) is 7.66. The SMILES string of the molecule is Cc1ccc(C2=CC(N)CCCC2)cc1Cl. The van der Waals surface area contributed by atoms with Crippen molar-refractivity contribution in [3.63, 3.8) is 0 Å². The molecule has 1 unspecified atom stereocenters.